The summed E-state index contributed by atoms with van der Waals surface area (Å²) in [4.78, 5) is 0. The highest BCUT2D eigenvalue weighted by atomic mass is 16.3. The third kappa shape index (κ3) is 2.13. The number of aliphatic hydroxyl groups is 1. The predicted octanol–water partition coefficient (Wildman–Crippen LogP) is 2.50. The van der Waals surface area contributed by atoms with Crippen LogP contribution in [0.3, 0.4) is 0 Å². The maximum atomic E-state index is 10.8. The Morgan fingerprint density at radius 1 is 1.19 bits per heavy atom. The zero-order chi connectivity index (χ0) is 12.6. The lowest BCUT2D eigenvalue weighted by atomic mass is 9.71. The van der Waals surface area contributed by atoms with Crippen molar-refractivity contribution >= 4 is 0 Å². The Morgan fingerprint density at radius 2 is 1.75 bits per heavy atom. The smallest absolute Gasteiger partial charge is 0.107 e. The minimum absolute atomic E-state index is 0.237. The van der Waals surface area contributed by atoms with Crippen LogP contribution in [0.25, 0.3) is 0 Å². The second-order valence-electron chi connectivity index (χ2n) is 5.63. The SMILES string of the molecule is Cc1ccc(C(O)(CN)C(C)(C)C)c(C)c1. The van der Waals surface area contributed by atoms with Crippen molar-refractivity contribution in [3.05, 3.63) is 34.9 Å². The largest absolute Gasteiger partial charge is 0.383 e. The summed E-state index contributed by atoms with van der Waals surface area (Å²) in [6.07, 6.45) is 0. The first-order valence-electron chi connectivity index (χ1n) is 5.72. The van der Waals surface area contributed by atoms with E-state index in [0.717, 1.165) is 11.1 Å². The second kappa shape index (κ2) is 4.19. The highest BCUT2D eigenvalue weighted by Crippen LogP contribution is 2.39. The van der Waals surface area contributed by atoms with Crippen LogP contribution in [0.15, 0.2) is 18.2 Å². The summed E-state index contributed by atoms with van der Waals surface area (Å²) >= 11 is 0. The van der Waals surface area contributed by atoms with Gasteiger partial charge in [0, 0.05) is 6.54 Å². The first-order valence-corrected chi connectivity index (χ1v) is 5.72. The molecule has 0 heterocycles. The van der Waals surface area contributed by atoms with Crippen LogP contribution in [0.4, 0.5) is 0 Å². The standard InChI is InChI=1S/C14H23NO/c1-10-6-7-12(11(2)8-10)14(16,9-15)13(3,4)5/h6-8,16H,9,15H2,1-5H3. The number of hydrogen-bond acceptors (Lipinski definition) is 2. The Hall–Kier alpha value is -0.860. The molecule has 16 heavy (non-hydrogen) atoms. The van der Waals surface area contributed by atoms with Gasteiger partial charge in [0.25, 0.3) is 0 Å². The monoisotopic (exact) mass is 221 g/mol. The van der Waals surface area contributed by atoms with Gasteiger partial charge in [0.05, 0.1) is 0 Å². The molecule has 0 aliphatic carbocycles. The summed E-state index contributed by atoms with van der Waals surface area (Å²) in [6.45, 7) is 10.3. The van der Waals surface area contributed by atoms with Gasteiger partial charge in [-0.05, 0) is 30.4 Å². The van der Waals surface area contributed by atoms with E-state index in [2.05, 4.69) is 13.0 Å². The van der Waals surface area contributed by atoms with E-state index in [4.69, 9.17) is 5.73 Å². The molecule has 0 aromatic heterocycles. The van der Waals surface area contributed by atoms with Crippen LogP contribution < -0.4 is 5.73 Å². The van der Waals surface area contributed by atoms with E-state index in [-0.39, 0.29) is 12.0 Å². The summed E-state index contributed by atoms with van der Waals surface area (Å²) in [7, 11) is 0. The first kappa shape index (κ1) is 13.2. The normalized spacial score (nSPS) is 15.9. The summed E-state index contributed by atoms with van der Waals surface area (Å²) in [6, 6.07) is 6.10. The average molecular weight is 221 g/mol. The fraction of sp³-hybridized carbons (Fsp3) is 0.571. The van der Waals surface area contributed by atoms with Crippen LogP contribution in [0.2, 0.25) is 0 Å². The van der Waals surface area contributed by atoms with Crippen LogP contribution >= 0.6 is 0 Å². The number of nitrogens with two attached hydrogens (primary N) is 1. The van der Waals surface area contributed by atoms with E-state index in [1.165, 1.54) is 5.56 Å². The Bertz CT molecular complexity index is 379. The van der Waals surface area contributed by atoms with Crippen LogP contribution in [0, 0.1) is 19.3 Å². The highest BCUT2D eigenvalue weighted by molar-refractivity contribution is 5.36. The van der Waals surface area contributed by atoms with Gasteiger partial charge in [0.2, 0.25) is 0 Å². The maximum absolute atomic E-state index is 10.8. The molecule has 1 rings (SSSR count). The van der Waals surface area contributed by atoms with Crippen molar-refractivity contribution in [3.8, 4) is 0 Å². The summed E-state index contributed by atoms with van der Waals surface area (Å²) < 4.78 is 0. The van der Waals surface area contributed by atoms with Crippen molar-refractivity contribution in [1.82, 2.24) is 0 Å². The summed E-state index contributed by atoms with van der Waals surface area (Å²) in [5, 5.41) is 10.8. The summed E-state index contributed by atoms with van der Waals surface area (Å²) in [5.41, 5.74) is 7.78. The molecule has 0 saturated carbocycles. The van der Waals surface area contributed by atoms with E-state index in [1.54, 1.807) is 0 Å². The fourth-order valence-electron chi connectivity index (χ4n) is 2.10. The maximum Gasteiger partial charge on any atom is 0.107 e. The zero-order valence-electron chi connectivity index (χ0n) is 11.0. The van der Waals surface area contributed by atoms with Gasteiger partial charge >= 0.3 is 0 Å². The zero-order valence-corrected chi connectivity index (χ0v) is 11.0. The van der Waals surface area contributed by atoms with Gasteiger partial charge in [-0.15, -0.1) is 0 Å². The molecule has 1 aromatic carbocycles. The van der Waals surface area contributed by atoms with Crippen molar-refractivity contribution in [2.45, 2.75) is 40.2 Å². The number of aryl methyl sites for hydroxylation is 2. The molecule has 0 aliphatic rings. The number of benzene rings is 1. The topological polar surface area (TPSA) is 46.2 Å². The highest BCUT2D eigenvalue weighted by Gasteiger charge is 2.41. The molecule has 0 fully saturated rings. The van der Waals surface area contributed by atoms with Gasteiger partial charge < -0.3 is 10.8 Å². The number of hydrogen-bond donors (Lipinski definition) is 2. The van der Waals surface area contributed by atoms with Crippen LogP contribution in [0.5, 0.6) is 0 Å². The lowest BCUT2D eigenvalue weighted by Gasteiger charge is -2.40. The van der Waals surface area contributed by atoms with Gasteiger partial charge in [0.15, 0.2) is 0 Å². The molecule has 0 spiro atoms. The second-order valence-corrected chi connectivity index (χ2v) is 5.63. The molecule has 90 valence electrons. The molecule has 0 radical (unpaired) electrons. The van der Waals surface area contributed by atoms with Crippen molar-refractivity contribution in [3.63, 3.8) is 0 Å². The minimum atomic E-state index is -0.967. The Kier molecular flexibility index (Phi) is 3.46. The van der Waals surface area contributed by atoms with Gasteiger partial charge in [-0.25, -0.2) is 0 Å². The lowest BCUT2D eigenvalue weighted by Crippen LogP contribution is -2.46. The molecule has 2 nitrogen and oxygen atoms in total. The van der Waals surface area contributed by atoms with Crippen molar-refractivity contribution in [2.75, 3.05) is 6.54 Å². The molecule has 1 aromatic rings. The third-order valence-corrected chi connectivity index (χ3v) is 3.36. The van der Waals surface area contributed by atoms with Crippen molar-refractivity contribution in [1.29, 1.82) is 0 Å². The van der Waals surface area contributed by atoms with E-state index in [1.807, 2.05) is 39.8 Å². The van der Waals surface area contributed by atoms with Gasteiger partial charge in [-0.1, -0.05) is 44.5 Å². The van der Waals surface area contributed by atoms with Gasteiger partial charge in [0.1, 0.15) is 5.60 Å². The molecule has 1 unspecified atom stereocenters. The molecule has 1 atom stereocenters. The van der Waals surface area contributed by atoms with Gasteiger partial charge in [-0.3, -0.25) is 0 Å². The molecule has 0 amide bonds. The molecule has 0 bridgehead atoms. The quantitative estimate of drug-likeness (QED) is 0.806. The third-order valence-electron chi connectivity index (χ3n) is 3.36. The molecule has 2 heteroatoms. The Labute approximate surface area is 98.5 Å². The molecule has 0 aliphatic heterocycles. The molecule has 3 N–H and O–H groups in total. The minimum Gasteiger partial charge on any atom is -0.383 e. The molecular weight excluding hydrogens is 198 g/mol. The molecular formula is C14H23NO. The Morgan fingerprint density at radius 3 is 2.12 bits per heavy atom. The lowest BCUT2D eigenvalue weighted by molar-refractivity contribution is -0.0562. The van der Waals surface area contributed by atoms with Crippen LogP contribution in [-0.2, 0) is 5.60 Å². The predicted molar refractivity (Wildman–Crippen MR) is 68.3 cm³/mol. The van der Waals surface area contributed by atoms with Crippen LogP contribution in [-0.4, -0.2) is 11.7 Å². The fourth-order valence-corrected chi connectivity index (χ4v) is 2.10. The first-order chi connectivity index (χ1) is 7.22. The van der Waals surface area contributed by atoms with Crippen molar-refractivity contribution < 1.29 is 5.11 Å². The van der Waals surface area contributed by atoms with E-state index in [9.17, 15) is 5.11 Å². The average Bonchev–Trinajstić information content (AvgIpc) is 2.15. The molecule has 0 saturated heterocycles. The number of rotatable bonds is 2. The Balaban J connectivity index is 3.34. The van der Waals surface area contributed by atoms with Crippen molar-refractivity contribution in [2.24, 2.45) is 11.1 Å². The van der Waals surface area contributed by atoms with Crippen LogP contribution in [0.1, 0.15) is 37.5 Å². The van der Waals surface area contributed by atoms with E-state index < -0.39 is 5.60 Å². The van der Waals surface area contributed by atoms with Gasteiger partial charge in [-0.2, -0.15) is 0 Å². The van der Waals surface area contributed by atoms with E-state index in [0.29, 0.717) is 0 Å². The summed E-state index contributed by atoms with van der Waals surface area (Å²) in [5.74, 6) is 0. The van der Waals surface area contributed by atoms with E-state index >= 15 is 0 Å².